The lowest BCUT2D eigenvalue weighted by Crippen LogP contribution is -3.16. The molecule has 2 saturated heterocycles. The van der Waals surface area contributed by atoms with Crippen LogP contribution in [0.1, 0.15) is 17.5 Å². The number of fused-ring (bicyclic) bond motifs is 1. The quantitative estimate of drug-likeness (QED) is 0.743. The Balaban J connectivity index is 1.24. The Bertz CT molecular complexity index is 989. The zero-order valence-electron chi connectivity index (χ0n) is 16.9. The molecule has 1 atom stereocenters. The minimum atomic E-state index is -0.806. The number of halogens is 1. The molecule has 30 heavy (non-hydrogen) atoms. The number of nitrogens with zero attached hydrogens (tertiary/aromatic N) is 2. The molecular weight excluding hydrogens is 383 g/mol. The van der Waals surface area contributed by atoms with Gasteiger partial charge in [-0.15, -0.1) is 0 Å². The normalized spacial score (nSPS) is 24.3. The maximum absolute atomic E-state index is 14.1. The third-order valence-electron chi connectivity index (χ3n) is 6.72. The van der Waals surface area contributed by atoms with Crippen LogP contribution in [0.25, 0.3) is 0 Å². The maximum Gasteiger partial charge on any atom is 0.329 e. The Morgan fingerprint density at radius 1 is 1.00 bits per heavy atom. The van der Waals surface area contributed by atoms with Crippen LogP contribution >= 0.6 is 0 Å². The Morgan fingerprint density at radius 2 is 1.70 bits per heavy atom. The SMILES string of the molecule is O=C1N[C@@]2(CCc3ccccc3C2)C(=O)N1C[NH+]1CCN(c2ccccc2F)CC1. The Labute approximate surface area is 175 Å². The molecule has 0 bridgehead atoms. The fourth-order valence-corrected chi connectivity index (χ4v) is 5.00. The number of aryl methyl sites for hydroxylation is 1. The Hall–Kier alpha value is -2.93. The average Bonchev–Trinajstić information content (AvgIpc) is 2.98. The lowest BCUT2D eigenvalue weighted by molar-refractivity contribution is -0.907. The zero-order chi connectivity index (χ0) is 20.7. The Morgan fingerprint density at radius 3 is 2.47 bits per heavy atom. The van der Waals surface area contributed by atoms with Gasteiger partial charge in [0.05, 0.1) is 31.9 Å². The van der Waals surface area contributed by atoms with Gasteiger partial charge >= 0.3 is 6.03 Å². The highest BCUT2D eigenvalue weighted by Gasteiger charge is 2.53. The van der Waals surface area contributed by atoms with E-state index in [0.717, 1.165) is 25.1 Å². The van der Waals surface area contributed by atoms with Gasteiger partial charge in [-0.2, -0.15) is 0 Å². The van der Waals surface area contributed by atoms with Gasteiger partial charge in [0.15, 0.2) is 6.67 Å². The van der Waals surface area contributed by atoms with Gasteiger partial charge in [-0.1, -0.05) is 36.4 Å². The van der Waals surface area contributed by atoms with Crippen LogP contribution < -0.4 is 15.1 Å². The number of benzene rings is 2. The molecule has 2 N–H and O–H groups in total. The molecule has 2 aromatic carbocycles. The summed E-state index contributed by atoms with van der Waals surface area (Å²) in [6.07, 6.45) is 1.99. The number of hydrogen-bond donors (Lipinski definition) is 2. The first-order chi connectivity index (χ1) is 14.6. The molecule has 3 amide bonds. The molecule has 0 aromatic heterocycles. The summed E-state index contributed by atoms with van der Waals surface area (Å²) in [4.78, 5) is 30.6. The van der Waals surface area contributed by atoms with E-state index in [0.29, 0.717) is 38.3 Å². The number of carbonyl (C=O) groups is 2. The van der Waals surface area contributed by atoms with E-state index in [-0.39, 0.29) is 17.8 Å². The highest BCUT2D eigenvalue weighted by molar-refractivity contribution is 6.07. The molecule has 2 aromatic rings. The summed E-state index contributed by atoms with van der Waals surface area (Å²) in [6.45, 7) is 3.25. The van der Waals surface area contributed by atoms with Crippen molar-refractivity contribution < 1.29 is 18.9 Å². The van der Waals surface area contributed by atoms with Gasteiger partial charge in [-0.05, 0) is 36.1 Å². The summed E-state index contributed by atoms with van der Waals surface area (Å²) in [5.74, 6) is -0.319. The monoisotopic (exact) mass is 409 g/mol. The number of imide groups is 1. The predicted molar refractivity (Wildman–Crippen MR) is 111 cm³/mol. The van der Waals surface area contributed by atoms with Crippen molar-refractivity contribution in [1.82, 2.24) is 10.2 Å². The first-order valence-electron chi connectivity index (χ1n) is 10.6. The number of rotatable bonds is 3. The second-order valence-electron chi connectivity index (χ2n) is 8.54. The van der Waals surface area contributed by atoms with E-state index >= 15 is 0 Å². The zero-order valence-corrected chi connectivity index (χ0v) is 16.9. The highest BCUT2D eigenvalue weighted by atomic mass is 19.1. The van der Waals surface area contributed by atoms with Crippen molar-refractivity contribution in [2.24, 2.45) is 0 Å². The number of carbonyl (C=O) groups excluding carboxylic acids is 2. The predicted octanol–water partition coefficient (Wildman–Crippen LogP) is 0.968. The van der Waals surface area contributed by atoms with Gasteiger partial charge in [0.25, 0.3) is 5.91 Å². The first-order valence-corrected chi connectivity index (χ1v) is 10.6. The minimum Gasteiger partial charge on any atom is -0.358 e. The van der Waals surface area contributed by atoms with E-state index in [4.69, 9.17) is 0 Å². The molecule has 2 heterocycles. The summed E-state index contributed by atoms with van der Waals surface area (Å²) >= 11 is 0. The van der Waals surface area contributed by atoms with Crippen LogP contribution in [0, 0.1) is 5.82 Å². The molecule has 6 nitrogen and oxygen atoms in total. The van der Waals surface area contributed by atoms with E-state index in [2.05, 4.69) is 11.4 Å². The van der Waals surface area contributed by atoms with Gasteiger partial charge < -0.3 is 15.1 Å². The molecule has 1 aliphatic carbocycles. The number of quaternary nitrogens is 1. The van der Waals surface area contributed by atoms with Crippen LogP contribution in [0.15, 0.2) is 48.5 Å². The van der Waals surface area contributed by atoms with Gasteiger partial charge in [0.2, 0.25) is 0 Å². The summed E-state index contributed by atoms with van der Waals surface area (Å²) in [5, 5.41) is 3.01. The molecule has 3 aliphatic rings. The number of piperazine rings is 1. The molecule has 7 heteroatoms. The Kier molecular flexibility index (Phi) is 4.70. The third kappa shape index (κ3) is 3.23. The lowest BCUT2D eigenvalue weighted by atomic mass is 9.78. The second kappa shape index (κ2) is 7.40. The number of anilines is 1. The fourth-order valence-electron chi connectivity index (χ4n) is 5.00. The van der Waals surface area contributed by atoms with Crippen LogP contribution in [0.5, 0.6) is 0 Å². The van der Waals surface area contributed by atoms with Crippen molar-refractivity contribution in [1.29, 1.82) is 0 Å². The lowest BCUT2D eigenvalue weighted by Gasteiger charge is -2.35. The summed E-state index contributed by atoms with van der Waals surface area (Å²) in [5.41, 5.74) is 2.22. The topological polar surface area (TPSA) is 57.1 Å². The van der Waals surface area contributed by atoms with E-state index in [1.54, 1.807) is 12.1 Å². The van der Waals surface area contributed by atoms with Crippen LogP contribution in [0.3, 0.4) is 0 Å². The van der Waals surface area contributed by atoms with E-state index in [9.17, 15) is 14.0 Å². The number of nitrogens with one attached hydrogen (secondary N) is 2. The third-order valence-corrected chi connectivity index (χ3v) is 6.72. The van der Waals surface area contributed by atoms with Gasteiger partial charge in [0, 0.05) is 6.42 Å². The molecule has 2 fully saturated rings. The van der Waals surface area contributed by atoms with Crippen molar-refractivity contribution in [3.05, 3.63) is 65.5 Å². The van der Waals surface area contributed by atoms with Crippen LogP contribution in [0.4, 0.5) is 14.9 Å². The van der Waals surface area contributed by atoms with Crippen LogP contribution in [-0.2, 0) is 17.6 Å². The minimum absolute atomic E-state index is 0.106. The summed E-state index contributed by atoms with van der Waals surface area (Å²) in [7, 11) is 0. The highest BCUT2D eigenvalue weighted by Crippen LogP contribution is 2.33. The molecule has 1 spiro atoms. The van der Waals surface area contributed by atoms with Gasteiger partial charge in [-0.3, -0.25) is 4.79 Å². The van der Waals surface area contributed by atoms with E-state index in [1.807, 2.05) is 29.2 Å². The van der Waals surface area contributed by atoms with Crippen LogP contribution in [0.2, 0.25) is 0 Å². The summed E-state index contributed by atoms with van der Waals surface area (Å²) in [6, 6.07) is 14.7. The number of urea groups is 1. The van der Waals surface area contributed by atoms with E-state index in [1.165, 1.54) is 21.4 Å². The fraction of sp³-hybridized carbons (Fsp3) is 0.391. The van der Waals surface area contributed by atoms with Crippen molar-refractivity contribution in [3.63, 3.8) is 0 Å². The molecule has 0 unspecified atom stereocenters. The number of para-hydroxylation sites is 1. The first kappa shape index (κ1) is 19.1. The van der Waals surface area contributed by atoms with E-state index < -0.39 is 5.54 Å². The molecule has 0 saturated carbocycles. The summed E-state index contributed by atoms with van der Waals surface area (Å²) < 4.78 is 14.1. The van der Waals surface area contributed by atoms with Crippen molar-refractivity contribution in [2.75, 3.05) is 37.7 Å². The molecule has 156 valence electrons. The molecular formula is C23H26FN4O2+. The largest absolute Gasteiger partial charge is 0.358 e. The molecule has 0 radical (unpaired) electrons. The van der Waals surface area contributed by atoms with Crippen LogP contribution in [-0.4, -0.2) is 55.2 Å². The molecule has 2 aliphatic heterocycles. The average molecular weight is 409 g/mol. The maximum atomic E-state index is 14.1. The van der Waals surface area contributed by atoms with Gasteiger partial charge in [0.1, 0.15) is 11.4 Å². The second-order valence-corrected chi connectivity index (χ2v) is 8.54. The number of amides is 3. The molecule has 5 rings (SSSR count). The van der Waals surface area contributed by atoms with Crippen molar-refractivity contribution in [3.8, 4) is 0 Å². The standard InChI is InChI=1S/C23H25FN4O2/c24-19-7-3-4-8-20(19)27-13-11-26(12-14-27)16-28-21(29)23(25-22(28)30)10-9-17-5-1-2-6-18(17)15-23/h1-8H,9-16H2,(H,25,30)/p+1/t23-/m1/s1. The van der Waals surface area contributed by atoms with Crippen molar-refractivity contribution in [2.45, 2.75) is 24.8 Å². The smallest absolute Gasteiger partial charge is 0.329 e. The van der Waals surface area contributed by atoms with Gasteiger partial charge in [-0.25, -0.2) is 14.1 Å². The van der Waals surface area contributed by atoms with Crippen molar-refractivity contribution >= 4 is 17.6 Å². The number of hydrogen-bond acceptors (Lipinski definition) is 3.